The highest BCUT2D eigenvalue weighted by molar-refractivity contribution is 7.89. The highest BCUT2D eigenvalue weighted by Gasteiger charge is 2.19. The fourth-order valence-corrected chi connectivity index (χ4v) is 3.31. The third kappa shape index (κ3) is 4.83. The summed E-state index contributed by atoms with van der Waals surface area (Å²) in [6, 6.07) is 7.67. The molecule has 134 valence electrons. The zero-order chi connectivity index (χ0) is 18.6. The van der Waals surface area contributed by atoms with Gasteiger partial charge in [-0.05, 0) is 55.8 Å². The lowest BCUT2D eigenvalue weighted by atomic mass is 10.2. The molecule has 1 atom stereocenters. The Labute approximate surface area is 145 Å². The van der Waals surface area contributed by atoms with Crippen LogP contribution in [-0.2, 0) is 10.0 Å². The molecule has 0 radical (unpaired) electrons. The van der Waals surface area contributed by atoms with Gasteiger partial charge in [-0.25, -0.2) is 21.9 Å². The van der Waals surface area contributed by atoms with Gasteiger partial charge in [-0.15, -0.1) is 0 Å². The Morgan fingerprint density at radius 3 is 2.32 bits per heavy atom. The van der Waals surface area contributed by atoms with Crippen molar-refractivity contribution in [3.8, 4) is 0 Å². The topological polar surface area (TPSA) is 75.3 Å². The van der Waals surface area contributed by atoms with Crippen LogP contribution in [-0.4, -0.2) is 20.4 Å². The average Bonchev–Trinajstić information content (AvgIpc) is 2.56. The molecule has 0 fully saturated rings. The van der Waals surface area contributed by atoms with Crippen LogP contribution in [0.4, 0.5) is 14.5 Å². The summed E-state index contributed by atoms with van der Waals surface area (Å²) in [5.74, 6) is -2.01. The third-order valence-electron chi connectivity index (χ3n) is 3.57. The summed E-state index contributed by atoms with van der Waals surface area (Å²) in [5.41, 5.74) is -0.0206. The Morgan fingerprint density at radius 1 is 1.12 bits per heavy atom. The Balaban J connectivity index is 2.19. The summed E-state index contributed by atoms with van der Waals surface area (Å²) in [6.07, 6.45) is 0.591. The normalized spacial score (nSPS) is 12.6. The van der Waals surface area contributed by atoms with E-state index in [4.69, 9.17) is 0 Å². The third-order valence-corrected chi connectivity index (χ3v) is 5.16. The van der Waals surface area contributed by atoms with Crippen LogP contribution in [0.25, 0.3) is 0 Å². The molecule has 0 heterocycles. The molecule has 0 saturated heterocycles. The van der Waals surface area contributed by atoms with Crippen LogP contribution in [0.2, 0.25) is 0 Å². The van der Waals surface area contributed by atoms with Crippen LogP contribution in [0.5, 0.6) is 0 Å². The van der Waals surface area contributed by atoms with Crippen molar-refractivity contribution in [3.05, 3.63) is 59.7 Å². The molecule has 8 heteroatoms. The number of anilines is 1. The molecule has 0 aliphatic rings. The first kappa shape index (κ1) is 19.0. The van der Waals surface area contributed by atoms with Crippen molar-refractivity contribution < 1.29 is 22.0 Å². The first-order chi connectivity index (χ1) is 11.7. The van der Waals surface area contributed by atoms with Gasteiger partial charge in [-0.2, -0.15) is 0 Å². The maximum Gasteiger partial charge on any atom is 0.255 e. The number of halogens is 2. The van der Waals surface area contributed by atoms with Crippen LogP contribution < -0.4 is 10.0 Å². The van der Waals surface area contributed by atoms with E-state index in [1.165, 1.54) is 24.3 Å². The number of benzene rings is 2. The van der Waals surface area contributed by atoms with Crippen LogP contribution >= 0.6 is 0 Å². The highest BCUT2D eigenvalue weighted by Crippen LogP contribution is 2.20. The van der Waals surface area contributed by atoms with Gasteiger partial charge in [-0.3, -0.25) is 4.79 Å². The van der Waals surface area contributed by atoms with Crippen molar-refractivity contribution in [3.63, 3.8) is 0 Å². The molecule has 0 spiro atoms. The largest absolute Gasteiger partial charge is 0.319 e. The summed E-state index contributed by atoms with van der Waals surface area (Å²) in [6.45, 7) is 3.52. The van der Waals surface area contributed by atoms with Gasteiger partial charge >= 0.3 is 0 Å². The molecule has 5 nitrogen and oxygen atoms in total. The number of hydrogen-bond donors (Lipinski definition) is 2. The Morgan fingerprint density at radius 2 is 1.76 bits per heavy atom. The van der Waals surface area contributed by atoms with Gasteiger partial charge in [0.15, 0.2) is 0 Å². The number of carbonyl (C=O) groups is 1. The summed E-state index contributed by atoms with van der Waals surface area (Å²) in [5, 5.41) is 2.32. The Hall–Kier alpha value is -2.32. The molecule has 1 unspecified atom stereocenters. The number of amides is 1. The molecule has 1 amide bonds. The molecule has 0 bridgehead atoms. The number of nitrogens with one attached hydrogen (secondary N) is 2. The van der Waals surface area contributed by atoms with Crippen LogP contribution in [0.1, 0.15) is 30.6 Å². The fraction of sp³-hybridized carbons (Fsp3) is 0.235. The minimum atomic E-state index is -3.84. The lowest BCUT2D eigenvalue weighted by Gasteiger charge is -2.13. The van der Waals surface area contributed by atoms with E-state index in [0.717, 1.165) is 18.2 Å². The molecule has 2 rings (SSSR count). The monoisotopic (exact) mass is 368 g/mol. The zero-order valence-electron chi connectivity index (χ0n) is 13.7. The quantitative estimate of drug-likeness (QED) is 0.822. The first-order valence-electron chi connectivity index (χ1n) is 7.61. The van der Waals surface area contributed by atoms with Gasteiger partial charge in [0.2, 0.25) is 10.0 Å². The van der Waals surface area contributed by atoms with Crippen LogP contribution in [0.15, 0.2) is 47.4 Å². The molecule has 2 aromatic rings. The molecular weight excluding hydrogens is 350 g/mol. The van der Waals surface area contributed by atoms with E-state index in [1.807, 2.05) is 6.92 Å². The molecule has 2 aromatic carbocycles. The van der Waals surface area contributed by atoms with E-state index >= 15 is 0 Å². The molecule has 0 aliphatic heterocycles. The van der Waals surface area contributed by atoms with E-state index in [9.17, 15) is 22.0 Å². The van der Waals surface area contributed by atoms with Gasteiger partial charge in [0.25, 0.3) is 5.91 Å². The van der Waals surface area contributed by atoms with Gasteiger partial charge < -0.3 is 5.32 Å². The molecular formula is C17H18F2N2O3S. The molecule has 0 aliphatic carbocycles. The number of carbonyl (C=O) groups excluding carboxylic acids is 1. The minimum Gasteiger partial charge on any atom is -0.319 e. The summed E-state index contributed by atoms with van der Waals surface area (Å²) >= 11 is 0. The second-order valence-corrected chi connectivity index (χ2v) is 7.25. The van der Waals surface area contributed by atoms with Crippen molar-refractivity contribution in [1.82, 2.24) is 4.72 Å². The highest BCUT2D eigenvalue weighted by atomic mass is 32.2. The SMILES string of the molecule is CCC(C)NS(=O)(=O)c1ccc(NC(=O)c2ccc(F)cc2)c(F)c1. The minimum absolute atomic E-state index is 0.149. The van der Waals surface area contributed by atoms with Crippen molar-refractivity contribution in [2.24, 2.45) is 0 Å². The zero-order valence-corrected chi connectivity index (χ0v) is 14.5. The molecule has 2 N–H and O–H groups in total. The van der Waals surface area contributed by atoms with E-state index in [0.29, 0.717) is 6.42 Å². The number of hydrogen-bond acceptors (Lipinski definition) is 3. The van der Waals surface area contributed by atoms with Crippen molar-refractivity contribution in [1.29, 1.82) is 0 Å². The van der Waals surface area contributed by atoms with Crippen LogP contribution in [0, 0.1) is 11.6 Å². The maximum atomic E-state index is 14.2. The van der Waals surface area contributed by atoms with E-state index in [-0.39, 0.29) is 22.2 Å². The standard InChI is InChI=1S/C17H18F2N2O3S/c1-3-11(2)21-25(23,24)14-8-9-16(15(19)10-14)20-17(22)12-4-6-13(18)7-5-12/h4-11,21H,3H2,1-2H3,(H,20,22). The van der Waals surface area contributed by atoms with Crippen molar-refractivity contribution >= 4 is 21.6 Å². The van der Waals surface area contributed by atoms with Gasteiger partial charge in [0.1, 0.15) is 11.6 Å². The van der Waals surface area contributed by atoms with E-state index < -0.39 is 27.6 Å². The second-order valence-electron chi connectivity index (χ2n) is 5.53. The predicted octanol–water partition coefficient (Wildman–Crippen LogP) is 3.29. The molecule has 25 heavy (non-hydrogen) atoms. The second kappa shape index (κ2) is 7.71. The lowest BCUT2D eigenvalue weighted by molar-refractivity contribution is 0.102. The smallest absolute Gasteiger partial charge is 0.255 e. The lowest BCUT2D eigenvalue weighted by Crippen LogP contribution is -2.32. The van der Waals surface area contributed by atoms with E-state index in [1.54, 1.807) is 6.92 Å². The summed E-state index contributed by atoms with van der Waals surface area (Å²) in [4.78, 5) is 11.8. The first-order valence-corrected chi connectivity index (χ1v) is 9.10. The van der Waals surface area contributed by atoms with Gasteiger partial charge in [-0.1, -0.05) is 6.92 Å². The van der Waals surface area contributed by atoms with Crippen molar-refractivity contribution in [2.45, 2.75) is 31.2 Å². The molecule has 0 saturated carbocycles. The average molecular weight is 368 g/mol. The Kier molecular flexibility index (Phi) is 5.86. The van der Waals surface area contributed by atoms with Gasteiger partial charge in [0, 0.05) is 11.6 Å². The van der Waals surface area contributed by atoms with E-state index in [2.05, 4.69) is 10.0 Å². The molecule has 0 aromatic heterocycles. The van der Waals surface area contributed by atoms with Gasteiger partial charge in [0.05, 0.1) is 10.6 Å². The maximum absolute atomic E-state index is 14.2. The fourth-order valence-electron chi connectivity index (χ4n) is 1.98. The van der Waals surface area contributed by atoms with Crippen molar-refractivity contribution in [2.75, 3.05) is 5.32 Å². The summed E-state index contributed by atoms with van der Waals surface area (Å²) < 4.78 is 53.7. The number of sulfonamides is 1. The predicted molar refractivity (Wildman–Crippen MR) is 90.8 cm³/mol. The van der Waals surface area contributed by atoms with Crippen LogP contribution in [0.3, 0.4) is 0 Å². The Bertz CT molecular complexity index is 868. The summed E-state index contributed by atoms with van der Waals surface area (Å²) in [7, 11) is -3.84. The number of rotatable bonds is 6.